The van der Waals surface area contributed by atoms with E-state index in [0.717, 1.165) is 11.1 Å². The highest BCUT2D eigenvalue weighted by Gasteiger charge is 2.49. The number of carbonyl (C=O) groups is 1. The van der Waals surface area contributed by atoms with Gasteiger partial charge in [-0.3, -0.25) is 0 Å². The number of anilines is 1. The highest BCUT2D eigenvalue weighted by Crippen LogP contribution is 2.46. The summed E-state index contributed by atoms with van der Waals surface area (Å²) in [7, 11) is 0. The van der Waals surface area contributed by atoms with Crippen molar-refractivity contribution in [3.05, 3.63) is 99.3 Å². The fraction of sp³-hybridized carbons (Fsp3) is 0.136. The first kappa shape index (κ1) is 17.6. The van der Waals surface area contributed by atoms with E-state index >= 15 is 0 Å². The zero-order valence-corrected chi connectivity index (χ0v) is 15.6. The van der Waals surface area contributed by atoms with E-state index < -0.39 is 17.5 Å². The number of carbonyl (C=O) groups excluding carboxylic acids is 1. The molecular formula is C22H17ClFNO2. The fourth-order valence-corrected chi connectivity index (χ4v) is 3.68. The zero-order valence-electron chi connectivity index (χ0n) is 14.8. The molecule has 5 heteroatoms. The smallest absolute Gasteiger partial charge is 0.341 e. The van der Waals surface area contributed by atoms with E-state index in [1.807, 2.05) is 32.0 Å². The fourth-order valence-electron chi connectivity index (χ4n) is 3.37. The van der Waals surface area contributed by atoms with E-state index in [9.17, 15) is 9.18 Å². The van der Waals surface area contributed by atoms with Gasteiger partial charge >= 0.3 is 5.97 Å². The molecule has 0 saturated carbocycles. The van der Waals surface area contributed by atoms with Gasteiger partial charge in [0.1, 0.15) is 5.82 Å². The summed E-state index contributed by atoms with van der Waals surface area (Å²) in [6.07, 6.45) is 0. The molecular weight excluding hydrogens is 365 g/mol. The van der Waals surface area contributed by atoms with Crippen LogP contribution in [0.25, 0.3) is 0 Å². The Labute approximate surface area is 161 Å². The molecule has 0 saturated heterocycles. The maximum atomic E-state index is 14.4. The lowest BCUT2D eigenvalue weighted by Gasteiger charge is -2.32. The number of ether oxygens (including phenoxy) is 1. The van der Waals surface area contributed by atoms with Crippen molar-refractivity contribution in [3.8, 4) is 0 Å². The van der Waals surface area contributed by atoms with Crippen molar-refractivity contribution < 1.29 is 13.9 Å². The van der Waals surface area contributed by atoms with E-state index in [0.29, 0.717) is 21.7 Å². The average molecular weight is 382 g/mol. The minimum absolute atomic E-state index is 0.219. The van der Waals surface area contributed by atoms with E-state index in [4.69, 9.17) is 16.3 Å². The van der Waals surface area contributed by atoms with Gasteiger partial charge in [-0.25, -0.2) is 9.18 Å². The number of aryl methyl sites for hydroxylation is 2. The summed E-state index contributed by atoms with van der Waals surface area (Å²) >= 11 is 6.48. The van der Waals surface area contributed by atoms with E-state index in [1.165, 1.54) is 6.07 Å². The standard InChI is InChI=1S/C22H17ClFNO2/c1-13-10-11-15(12-14(13)2)22(25-19-9-4-3-8-18(19)24)20-16(21(26)27-22)6-5-7-17(20)23/h3-12,25H,1-2H3. The van der Waals surface area contributed by atoms with Crippen molar-refractivity contribution in [2.45, 2.75) is 19.6 Å². The van der Waals surface area contributed by atoms with Crippen LogP contribution in [0.5, 0.6) is 0 Å². The Morgan fingerprint density at radius 1 is 1.00 bits per heavy atom. The monoisotopic (exact) mass is 381 g/mol. The Kier molecular flexibility index (Phi) is 4.16. The third-order valence-corrected chi connectivity index (χ3v) is 5.24. The van der Waals surface area contributed by atoms with E-state index in [2.05, 4.69) is 5.32 Å². The molecule has 0 amide bonds. The number of fused-ring (bicyclic) bond motifs is 1. The molecule has 0 aromatic heterocycles. The summed E-state index contributed by atoms with van der Waals surface area (Å²) in [4.78, 5) is 12.6. The van der Waals surface area contributed by atoms with E-state index in [1.54, 1.807) is 36.4 Å². The molecule has 3 aromatic rings. The van der Waals surface area contributed by atoms with Crippen molar-refractivity contribution in [1.29, 1.82) is 0 Å². The molecule has 27 heavy (non-hydrogen) atoms. The van der Waals surface area contributed by atoms with E-state index in [-0.39, 0.29) is 5.69 Å². The van der Waals surface area contributed by atoms with Gasteiger partial charge in [0.2, 0.25) is 5.72 Å². The second kappa shape index (κ2) is 6.39. The van der Waals surface area contributed by atoms with Crippen LogP contribution in [0, 0.1) is 19.7 Å². The topological polar surface area (TPSA) is 38.3 Å². The molecule has 1 unspecified atom stereocenters. The van der Waals surface area contributed by atoms with Crippen LogP contribution >= 0.6 is 11.6 Å². The Morgan fingerprint density at radius 2 is 1.78 bits per heavy atom. The molecule has 0 fully saturated rings. The van der Waals surface area contributed by atoms with Gasteiger partial charge < -0.3 is 10.1 Å². The molecule has 1 aliphatic rings. The van der Waals surface area contributed by atoms with Gasteiger partial charge in [-0.05, 0) is 55.3 Å². The van der Waals surface area contributed by atoms with Crippen LogP contribution in [0.2, 0.25) is 5.02 Å². The lowest BCUT2D eigenvalue weighted by molar-refractivity contribution is 0.0211. The Balaban J connectivity index is 1.99. The second-order valence-corrected chi connectivity index (χ2v) is 7.04. The number of cyclic esters (lactones) is 1. The van der Waals surface area contributed by atoms with Crippen LogP contribution in [-0.4, -0.2) is 5.97 Å². The summed E-state index contributed by atoms with van der Waals surface area (Å²) in [5.41, 5.74) is 2.46. The lowest BCUT2D eigenvalue weighted by Crippen LogP contribution is -2.37. The van der Waals surface area contributed by atoms with Gasteiger partial charge in [-0.2, -0.15) is 0 Å². The molecule has 1 atom stereocenters. The molecule has 3 aromatic carbocycles. The minimum Gasteiger partial charge on any atom is -0.427 e. The van der Waals surface area contributed by atoms with Gasteiger partial charge in [-0.1, -0.05) is 41.9 Å². The van der Waals surface area contributed by atoms with Gasteiger partial charge in [0, 0.05) is 5.56 Å². The largest absolute Gasteiger partial charge is 0.427 e. The Bertz CT molecular complexity index is 1070. The molecule has 1 aliphatic heterocycles. The van der Waals surface area contributed by atoms with Crippen LogP contribution in [0.3, 0.4) is 0 Å². The van der Waals surface area contributed by atoms with Crippen LogP contribution < -0.4 is 5.32 Å². The molecule has 0 aliphatic carbocycles. The van der Waals surface area contributed by atoms with Crippen molar-refractivity contribution in [1.82, 2.24) is 0 Å². The number of para-hydroxylation sites is 1. The molecule has 4 rings (SSSR count). The van der Waals surface area contributed by atoms with Crippen LogP contribution in [0.4, 0.5) is 10.1 Å². The lowest BCUT2D eigenvalue weighted by atomic mass is 9.90. The molecule has 1 N–H and O–H groups in total. The normalized spacial score (nSPS) is 18.1. The summed E-state index contributed by atoms with van der Waals surface area (Å²) in [5, 5.41) is 3.49. The predicted octanol–water partition coefficient (Wildman–Crippen LogP) is 5.58. The molecule has 0 spiro atoms. The highest BCUT2D eigenvalue weighted by atomic mass is 35.5. The van der Waals surface area contributed by atoms with Crippen molar-refractivity contribution >= 4 is 23.3 Å². The number of hydrogen-bond acceptors (Lipinski definition) is 3. The average Bonchev–Trinajstić information content (AvgIpc) is 2.94. The molecule has 136 valence electrons. The van der Waals surface area contributed by atoms with Crippen LogP contribution in [0.15, 0.2) is 60.7 Å². The SMILES string of the molecule is Cc1ccc(C2(Nc3ccccc3F)OC(=O)c3cccc(Cl)c32)cc1C. The summed E-state index contributed by atoms with van der Waals surface area (Å²) in [6, 6.07) is 17.0. The number of benzene rings is 3. The Morgan fingerprint density at radius 3 is 2.52 bits per heavy atom. The number of esters is 1. The zero-order chi connectivity index (χ0) is 19.2. The molecule has 1 heterocycles. The van der Waals surface area contributed by atoms with Crippen LogP contribution in [0.1, 0.15) is 32.6 Å². The third-order valence-electron chi connectivity index (χ3n) is 4.93. The predicted molar refractivity (Wildman–Crippen MR) is 104 cm³/mol. The van der Waals surface area contributed by atoms with Crippen molar-refractivity contribution in [3.63, 3.8) is 0 Å². The molecule has 0 bridgehead atoms. The maximum absolute atomic E-state index is 14.4. The summed E-state index contributed by atoms with van der Waals surface area (Å²) in [6.45, 7) is 3.97. The van der Waals surface area contributed by atoms with Crippen molar-refractivity contribution in [2.75, 3.05) is 5.32 Å². The number of halogens is 2. The first-order valence-electron chi connectivity index (χ1n) is 8.55. The van der Waals surface area contributed by atoms with Gasteiger partial charge in [0.05, 0.1) is 21.8 Å². The minimum atomic E-state index is -1.41. The maximum Gasteiger partial charge on any atom is 0.341 e. The molecule has 0 radical (unpaired) electrons. The van der Waals surface area contributed by atoms with Gasteiger partial charge in [0.25, 0.3) is 0 Å². The van der Waals surface area contributed by atoms with Gasteiger partial charge in [0.15, 0.2) is 0 Å². The summed E-state index contributed by atoms with van der Waals surface area (Å²) < 4.78 is 20.2. The Hall–Kier alpha value is -2.85. The third kappa shape index (κ3) is 2.77. The van der Waals surface area contributed by atoms with Crippen molar-refractivity contribution in [2.24, 2.45) is 0 Å². The first-order chi connectivity index (χ1) is 12.9. The van der Waals surface area contributed by atoms with Gasteiger partial charge in [-0.15, -0.1) is 0 Å². The second-order valence-electron chi connectivity index (χ2n) is 6.64. The summed E-state index contributed by atoms with van der Waals surface area (Å²) in [5.74, 6) is -0.952. The first-order valence-corrected chi connectivity index (χ1v) is 8.93. The van der Waals surface area contributed by atoms with Crippen LogP contribution in [-0.2, 0) is 10.5 Å². The number of nitrogens with one attached hydrogen (secondary N) is 1. The molecule has 3 nitrogen and oxygen atoms in total. The number of hydrogen-bond donors (Lipinski definition) is 1. The highest BCUT2D eigenvalue weighted by molar-refractivity contribution is 6.32. The number of rotatable bonds is 3. The quantitative estimate of drug-likeness (QED) is 0.602.